The molecule has 2 aliphatic rings. The van der Waals surface area contributed by atoms with E-state index in [-0.39, 0.29) is 11.5 Å². The molecule has 0 aliphatic carbocycles. The predicted octanol–water partition coefficient (Wildman–Crippen LogP) is 6.07. The standard InChI is InChI=1S/C23H17Cl2NO3S/c24-18-4-1-5-19(25)16(18)11-21-22(27)15-6-7-20-17(23(15)29-21)12-26(13-28-20)9-8-14-3-2-10-30-14/h1-7,10-11H,8-9,12-13H2/b21-11-. The number of thiophene rings is 1. The van der Waals surface area contributed by atoms with Crippen molar-refractivity contribution in [1.29, 1.82) is 0 Å². The lowest BCUT2D eigenvalue weighted by Gasteiger charge is -2.29. The van der Waals surface area contributed by atoms with Crippen LogP contribution >= 0.6 is 34.5 Å². The van der Waals surface area contributed by atoms with Crippen LogP contribution in [-0.2, 0) is 13.0 Å². The molecule has 152 valence electrons. The fourth-order valence-corrected chi connectivity index (χ4v) is 4.86. The summed E-state index contributed by atoms with van der Waals surface area (Å²) >= 11 is 14.3. The lowest BCUT2D eigenvalue weighted by molar-refractivity contribution is 0.0951. The van der Waals surface area contributed by atoms with Gasteiger partial charge in [-0.3, -0.25) is 9.69 Å². The highest BCUT2D eigenvalue weighted by molar-refractivity contribution is 7.09. The van der Waals surface area contributed by atoms with Crippen molar-refractivity contribution in [2.75, 3.05) is 13.3 Å². The van der Waals surface area contributed by atoms with Crippen molar-refractivity contribution in [2.24, 2.45) is 0 Å². The van der Waals surface area contributed by atoms with Gasteiger partial charge in [0.05, 0.1) is 11.1 Å². The smallest absolute Gasteiger partial charge is 0.231 e. The average molecular weight is 458 g/mol. The number of fused-ring (bicyclic) bond motifs is 3. The van der Waals surface area contributed by atoms with Crippen LogP contribution in [0.5, 0.6) is 11.5 Å². The molecule has 4 nitrogen and oxygen atoms in total. The molecule has 0 amide bonds. The van der Waals surface area contributed by atoms with Gasteiger partial charge in [0.1, 0.15) is 18.2 Å². The van der Waals surface area contributed by atoms with Crippen molar-refractivity contribution in [3.63, 3.8) is 0 Å². The molecule has 0 bridgehead atoms. The van der Waals surface area contributed by atoms with Gasteiger partial charge < -0.3 is 9.47 Å². The van der Waals surface area contributed by atoms with Gasteiger partial charge in [-0.1, -0.05) is 35.3 Å². The highest BCUT2D eigenvalue weighted by Crippen LogP contribution is 2.42. The first-order chi connectivity index (χ1) is 14.6. The Morgan fingerprint density at radius 2 is 1.93 bits per heavy atom. The molecule has 7 heteroatoms. The lowest BCUT2D eigenvalue weighted by Crippen LogP contribution is -2.33. The third-order valence-electron chi connectivity index (χ3n) is 5.21. The van der Waals surface area contributed by atoms with Crippen molar-refractivity contribution >= 4 is 46.4 Å². The van der Waals surface area contributed by atoms with E-state index >= 15 is 0 Å². The Kier molecular flexibility index (Phi) is 5.29. The van der Waals surface area contributed by atoms with Crippen molar-refractivity contribution in [2.45, 2.75) is 13.0 Å². The highest BCUT2D eigenvalue weighted by atomic mass is 35.5. The minimum absolute atomic E-state index is 0.181. The molecule has 0 saturated carbocycles. The molecule has 0 N–H and O–H groups in total. The van der Waals surface area contributed by atoms with Crippen LogP contribution in [0.2, 0.25) is 10.0 Å². The van der Waals surface area contributed by atoms with E-state index in [1.54, 1.807) is 41.7 Å². The molecular weight excluding hydrogens is 441 g/mol. The van der Waals surface area contributed by atoms with E-state index in [1.807, 2.05) is 6.07 Å². The third-order valence-corrected chi connectivity index (χ3v) is 6.81. The normalized spacial score (nSPS) is 16.9. The summed E-state index contributed by atoms with van der Waals surface area (Å²) in [6, 6.07) is 13.0. The molecular formula is C23H17Cl2NO3S. The molecule has 5 rings (SSSR count). The molecule has 0 radical (unpaired) electrons. The first kappa shape index (κ1) is 19.6. The van der Waals surface area contributed by atoms with Crippen LogP contribution in [0.4, 0.5) is 0 Å². The number of Topliss-reactive ketones (excluding diaryl/α,β-unsaturated/α-hetero) is 1. The minimum Gasteiger partial charge on any atom is -0.478 e. The number of rotatable bonds is 4. The molecule has 0 saturated heterocycles. The zero-order chi connectivity index (χ0) is 20.7. The van der Waals surface area contributed by atoms with E-state index in [2.05, 4.69) is 22.4 Å². The topological polar surface area (TPSA) is 38.8 Å². The number of hydrogen-bond donors (Lipinski definition) is 0. The Bertz CT molecular complexity index is 1140. The Labute approximate surface area is 188 Å². The monoisotopic (exact) mass is 457 g/mol. The van der Waals surface area contributed by atoms with Gasteiger partial charge in [-0.2, -0.15) is 0 Å². The number of ether oxygens (including phenoxy) is 2. The van der Waals surface area contributed by atoms with E-state index in [4.69, 9.17) is 32.7 Å². The fraction of sp³-hybridized carbons (Fsp3) is 0.174. The molecule has 2 aliphatic heterocycles. The second-order valence-corrected chi connectivity index (χ2v) is 9.00. The van der Waals surface area contributed by atoms with Crippen LogP contribution < -0.4 is 9.47 Å². The number of hydrogen-bond acceptors (Lipinski definition) is 5. The highest BCUT2D eigenvalue weighted by Gasteiger charge is 2.33. The van der Waals surface area contributed by atoms with Gasteiger partial charge in [-0.15, -0.1) is 11.3 Å². The molecule has 30 heavy (non-hydrogen) atoms. The second kappa shape index (κ2) is 8.08. The third kappa shape index (κ3) is 3.63. The van der Waals surface area contributed by atoms with Gasteiger partial charge in [0, 0.05) is 33.6 Å². The molecule has 0 unspecified atom stereocenters. The van der Waals surface area contributed by atoms with Crippen LogP contribution in [0.1, 0.15) is 26.4 Å². The maximum atomic E-state index is 12.9. The summed E-state index contributed by atoms with van der Waals surface area (Å²) in [6.07, 6.45) is 2.57. The molecule has 1 aromatic heterocycles. The number of halogens is 2. The summed E-state index contributed by atoms with van der Waals surface area (Å²) in [7, 11) is 0. The molecule has 3 aromatic rings. The Morgan fingerprint density at radius 3 is 2.70 bits per heavy atom. The Balaban J connectivity index is 1.42. The summed E-state index contributed by atoms with van der Waals surface area (Å²) in [5, 5.41) is 3.02. The van der Waals surface area contributed by atoms with Gasteiger partial charge in [0.25, 0.3) is 0 Å². The van der Waals surface area contributed by atoms with Crippen LogP contribution in [0.25, 0.3) is 6.08 Å². The van der Waals surface area contributed by atoms with Gasteiger partial charge in [0.2, 0.25) is 5.78 Å². The van der Waals surface area contributed by atoms with E-state index in [9.17, 15) is 4.79 Å². The van der Waals surface area contributed by atoms with Gasteiger partial charge in [0.15, 0.2) is 5.76 Å². The first-order valence-electron chi connectivity index (χ1n) is 9.52. The number of ketones is 1. The first-order valence-corrected chi connectivity index (χ1v) is 11.2. The molecule has 0 atom stereocenters. The number of nitrogens with zero attached hydrogens (tertiary/aromatic N) is 1. The predicted molar refractivity (Wildman–Crippen MR) is 120 cm³/mol. The van der Waals surface area contributed by atoms with Crippen molar-refractivity contribution in [3.8, 4) is 11.5 Å². The minimum atomic E-state index is -0.181. The number of carbonyl (C=O) groups is 1. The van der Waals surface area contributed by atoms with Gasteiger partial charge >= 0.3 is 0 Å². The lowest BCUT2D eigenvalue weighted by atomic mass is 10.0. The zero-order valence-corrected chi connectivity index (χ0v) is 18.2. The second-order valence-electron chi connectivity index (χ2n) is 7.15. The number of benzene rings is 2. The number of allylic oxidation sites excluding steroid dienone is 1. The Hall–Kier alpha value is -2.31. The molecule has 0 fully saturated rings. The maximum Gasteiger partial charge on any atom is 0.231 e. The molecule has 0 spiro atoms. The van der Waals surface area contributed by atoms with E-state index in [0.29, 0.717) is 40.2 Å². The van der Waals surface area contributed by atoms with Crippen LogP contribution in [0.3, 0.4) is 0 Å². The van der Waals surface area contributed by atoms with Crippen LogP contribution in [0.15, 0.2) is 53.6 Å². The summed E-state index contributed by atoms with van der Waals surface area (Å²) < 4.78 is 12.0. The largest absolute Gasteiger partial charge is 0.478 e. The summed E-state index contributed by atoms with van der Waals surface area (Å²) in [6.45, 7) is 2.05. The molecule has 3 heterocycles. The van der Waals surface area contributed by atoms with E-state index in [0.717, 1.165) is 24.3 Å². The molecule has 2 aromatic carbocycles. The fourth-order valence-electron chi connectivity index (χ4n) is 3.65. The maximum absolute atomic E-state index is 12.9. The SMILES string of the molecule is O=C1/C(=C/c2c(Cl)cccc2Cl)Oc2c1ccc1c2CN(CCc2cccs2)CO1. The van der Waals surface area contributed by atoms with Gasteiger partial charge in [-0.25, -0.2) is 0 Å². The average Bonchev–Trinajstić information content (AvgIpc) is 3.37. The summed E-state index contributed by atoms with van der Waals surface area (Å²) in [5.41, 5.74) is 2.00. The van der Waals surface area contributed by atoms with Crippen molar-refractivity contribution < 1.29 is 14.3 Å². The number of carbonyl (C=O) groups excluding carboxylic acids is 1. The van der Waals surface area contributed by atoms with Crippen LogP contribution in [0, 0.1) is 0 Å². The van der Waals surface area contributed by atoms with E-state index < -0.39 is 0 Å². The summed E-state index contributed by atoms with van der Waals surface area (Å²) in [5.74, 6) is 1.35. The quantitative estimate of drug-likeness (QED) is 0.445. The zero-order valence-electron chi connectivity index (χ0n) is 15.9. The van der Waals surface area contributed by atoms with Crippen molar-refractivity contribution in [3.05, 3.63) is 85.2 Å². The van der Waals surface area contributed by atoms with Crippen molar-refractivity contribution in [1.82, 2.24) is 4.90 Å². The van der Waals surface area contributed by atoms with Crippen LogP contribution in [-0.4, -0.2) is 24.0 Å². The summed E-state index contributed by atoms with van der Waals surface area (Å²) in [4.78, 5) is 16.5. The Morgan fingerprint density at radius 1 is 1.10 bits per heavy atom. The van der Waals surface area contributed by atoms with Gasteiger partial charge in [-0.05, 0) is 48.2 Å². The van der Waals surface area contributed by atoms with E-state index in [1.165, 1.54) is 4.88 Å².